The second kappa shape index (κ2) is 8.92. The molecular weight excluding hydrogens is 362 g/mol. The molecule has 0 aliphatic heterocycles. The summed E-state index contributed by atoms with van der Waals surface area (Å²) in [5.74, 6) is -1.14. The first kappa shape index (κ1) is 19.3. The molecule has 1 aromatic carbocycles. The highest BCUT2D eigenvalue weighted by atomic mass is 32.1. The maximum atomic E-state index is 12.4. The van der Waals surface area contributed by atoms with Gasteiger partial charge in [0.25, 0.3) is 11.6 Å². The van der Waals surface area contributed by atoms with Crippen LogP contribution in [0.25, 0.3) is 0 Å². The quantitative estimate of drug-likeness (QED) is 0.313. The largest absolute Gasteiger partial charge is 0.465 e. The maximum absolute atomic E-state index is 12.4. The number of amides is 1. The van der Waals surface area contributed by atoms with E-state index in [4.69, 9.17) is 4.74 Å². The molecule has 0 bridgehead atoms. The van der Waals surface area contributed by atoms with Gasteiger partial charge in [-0.25, -0.2) is 4.79 Å². The monoisotopic (exact) mass is 379 g/mol. The Kier molecular flexibility index (Phi) is 6.64. The number of nitro groups is 1. The van der Waals surface area contributed by atoms with Crippen LogP contribution in [0, 0.1) is 10.1 Å². The molecule has 0 unspecified atom stereocenters. The van der Waals surface area contributed by atoms with Crippen LogP contribution in [0.2, 0.25) is 0 Å². The van der Waals surface area contributed by atoms with Crippen molar-refractivity contribution in [1.29, 1.82) is 0 Å². The minimum atomic E-state index is -0.578. The average Bonchev–Trinajstić information content (AvgIpc) is 3.09. The minimum absolute atomic E-state index is 0.0956. The molecule has 2 rings (SSSR count). The van der Waals surface area contributed by atoms with Gasteiger partial charge in [0, 0.05) is 25.3 Å². The van der Waals surface area contributed by atoms with E-state index in [1.54, 1.807) is 5.38 Å². The van der Waals surface area contributed by atoms with E-state index in [-0.39, 0.29) is 22.5 Å². The van der Waals surface area contributed by atoms with E-state index >= 15 is 0 Å². The van der Waals surface area contributed by atoms with Gasteiger partial charge in [-0.3, -0.25) is 14.9 Å². The predicted molar refractivity (Wildman–Crippen MR) is 97.1 cm³/mol. The molecular formula is C16H17N3O6S. The van der Waals surface area contributed by atoms with Gasteiger partial charge in [0.2, 0.25) is 0 Å². The molecule has 0 saturated heterocycles. The number of hydrogen-bond acceptors (Lipinski definition) is 8. The van der Waals surface area contributed by atoms with Crippen LogP contribution in [0.15, 0.2) is 29.6 Å². The lowest BCUT2D eigenvalue weighted by molar-refractivity contribution is -0.384. The molecule has 9 nitrogen and oxygen atoms in total. The highest BCUT2D eigenvalue weighted by Crippen LogP contribution is 2.28. The number of anilines is 2. The topological polar surface area (TPSA) is 120 Å². The fourth-order valence-electron chi connectivity index (χ4n) is 2.11. The number of esters is 1. The number of nitrogens with one attached hydrogen (secondary N) is 2. The third kappa shape index (κ3) is 4.55. The van der Waals surface area contributed by atoms with Gasteiger partial charge in [-0.2, -0.15) is 0 Å². The highest BCUT2D eigenvalue weighted by molar-refractivity contribution is 7.14. The standard InChI is InChI=1S/C16H17N3O6S/c1-24-7-6-17-12-4-3-10(9-13(12)19(22)23)14(20)18-15-11(5-8-26-15)16(21)25-2/h3-5,8-9,17H,6-7H2,1-2H3,(H,18,20). The van der Waals surface area contributed by atoms with Gasteiger partial charge in [0.15, 0.2) is 0 Å². The molecule has 0 fully saturated rings. The van der Waals surface area contributed by atoms with Crippen LogP contribution in [0.1, 0.15) is 20.7 Å². The number of nitrogens with zero attached hydrogens (tertiary/aromatic N) is 1. The smallest absolute Gasteiger partial charge is 0.340 e. The lowest BCUT2D eigenvalue weighted by atomic mass is 10.1. The fraction of sp³-hybridized carbons (Fsp3) is 0.250. The first-order valence-electron chi connectivity index (χ1n) is 7.46. The van der Waals surface area contributed by atoms with E-state index in [0.29, 0.717) is 18.2 Å². The zero-order valence-corrected chi connectivity index (χ0v) is 14.9. The number of ether oxygens (including phenoxy) is 2. The normalized spacial score (nSPS) is 10.2. The molecule has 0 saturated carbocycles. The summed E-state index contributed by atoms with van der Waals surface area (Å²) in [5, 5.41) is 18.7. The molecule has 1 heterocycles. The van der Waals surface area contributed by atoms with Crippen molar-refractivity contribution in [3.05, 3.63) is 50.9 Å². The Morgan fingerprint density at radius 1 is 1.27 bits per heavy atom. The van der Waals surface area contributed by atoms with E-state index in [1.807, 2.05) is 0 Å². The molecule has 2 N–H and O–H groups in total. The number of rotatable bonds is 8. The molecule has 1 aromatic heterocycles. The molecule has 0 spiro atoms. The molecule has 1 amide bonds. The number of nitro benzene ring substituents is 1. The van der Waals surface area contributed by atoms with Crippen molar-refractivity contribution in [2.45, 2.75) is 0 Å². The Morgan fingerprint density at radius 2 is 2.04 bits per heavy atom. The van der Waals surface area contributed by atoms with Crippen molar-refractivity contribution in [2.75, 3.05) is 38.0 Å². The van der Waals surface area contributed by atoms with Crippen molar-refractivity contribution in [3.8, 4) is 0 Å². The van der Waals surface area contributed by atoms with Crippen molar-refractivity contribution >= 4 is 39.6 Å². The zero-order chi connectivity index (χ0) is 19.1. The Balaban J connectivity index is 2.21. The minimum Gasteiger partial charge on any atom is -0.465 e. The van der Waals surface area contributed by atoms with Crippen LogP contribution in [0.4, 0.5) is 16.4 Å². The number of thiophene rings is 1. The Bertz CT molecular complexity index is 820. The van der Waals surface area contributed by atoms with E-state index in [0.717, 1.165) is 11.3 Å². The molecule has 2 aromatic rings. The summed E-state index contributed by atoms with van der Waals surface area (Å²) >= 11 is 1.15. The first-order chi connectivity index (χ1) is 12.5. The number of methoxy groups -OCH3 is 2. The van der Waals surface area contributed by atoms with Crippen molar-refractivity contribution in [2.24, 2.45) is 0 Å². The third-order valence-corrected chi connectivity index (χ3v) is 4.21. The fourth-order valence-corrected chi connectivity index (χ4v) is 2.88. The SMILES string of the molecule is COCCNc1ccc(C(=O)Nc2sccc2C(=O)OC)cc1[N+](=O)[O-]. The van der Waals surface area contributed by atoms with Crippen LogP contribution < -0.4 is 10.6 Å². The number of benzene rings is 1. The summed E-state index contributed by atoms with van der Waals surface area (Å²) in [4.78, 5) is 34.8. The summed E-state index contributed by atoms with van der Waals surface area (Å²) in [6, 6.07) is 5.62. The van der Waals surface area contributed by atoms with E-state index in [2.05, 4.69) is 15.4 Å². The summed E-state index contributed by atoms with van der Waals surface area (Å²) in [7, 11) is 2.76. The molecule has 138 valence electrons. The predicted octanol–water partition coefficient (Wildman–Crippen LogP) is 2.75. The van der Waals surface area contributed by atoms with E-state index in [1.165, 1.54) is 38.5 Å². The van der Waals surface area contributed by atoms with Gasteiger partial charge < -0.3 is 20.1 Å². The van der Waals surface area contributed by atoms with Gasteiger partial charge in [-0.05, 0) is 23.6 Å². The Labute approximate surface area is 153 Å². The zero-order valence-electron chi connectivity index (χ0n) is 14.1. The average molecular weight is 379 g/mol. The molecule has 0 aliphatic carbocycles. The van der Waals surface area contributed by atoms with E-state index in [9.17, 15) is 19.7 Å². The summed E-state index contributed by atoms with van der Waals surface area (Å²) in [5.41, 5.74) is 0.375. The maximum Gasteiger partial charge on any atom is 0.340 e. The van der Waals surface area contributed by atoms with E-state index < -0.39 is 16.8 Å². The second-order valence-corrected chi connectivity index (χ2v) is 5.93. The number of hydrogen-bond donors (Lipinski definition) is 2. The molecule has 0 radical (unpaired) electrons. The molecule has 10 heteroatoms. The third-order valence-electron chi connectivity index (χ3n) is 3.38. The van der Waals surface area contributed by atoms with Gasteiger partial charge in [0.1, 0.15) is 10.7 Å². The van der Waals surface area contributed by atoms with Gasteiger partial charge in [-0.15, -0.1) is 11.3 Å². The van der Waals surface area contributed by atoms with Gasteiger partial charge in [-0.1, -0.05) is 0 Å². The van der Waals surface area contributed by atoms with Crippen molar-refractivity contribution in [1.82, 2.24) is 0 Å². The summed E-state index contributed by atoms with van der Waals surface area (Å²) in [6.07, 6.45) is 0. The van der Waals surface area contributed by atoms with Crippen molar-refractivity contribution < 1.29 is 24.0 Å². The van der Waals surface area contributed by atoms with Gasteiger partial charge >= 0.3 is 5.97 Å². The van der Waals surface area contributed by atoms with Gasteiger partial charge in [0.05, 0.1) is 24.2 Å². The van der Waals surface area contributed by atoms with Crippen LogP contribution in [-0.4, -0.2) is 44.2 Å². The van der Waals surface area contributed by atoms with Crippen LogP contribution >= 0.6 is 11.3 Å². The van der Waals surface area contributed by atoms with Crippen LogP contribution in [0.5, 0.6) is 0 Å². The first-order valence-corrected chi connectivity index (χ1v) is 8.34. The summed E-state index contributed by atoms with van der Waals surface area (Å²) in [6.45, 7) is 0.772. The van der Waals surface area contributed by atoms with Crippen molar-refractivity contribution in [3.63, 3.8) is 0 Å². The molecule has 0 aliphatic rings. The van der Waals surface area contributed by atoms with Crippen LogP contribution in [-0.2, 0) is 9.47 Å². The Morgan fingerprint density at radius 3 is 2.69 bits per heavy atom. The molecule has 0 atom stereocenters. The molecule has 26 heavy (non-hydrogen) atoms. The second-order valence-electron chi connectivity index (χ2n) is 5.02. The van der Waals surface area contributed by atoms with Crippen LogP contribution in [0.3, 0.4) is 0 Å². The number of carbonyl (C=O) groups is 2. The Hall–Kier alpha value is -2.98. The number of carbonyl (C=O) groups excluding carboxylic acids is 2. The lowest BCUT2D eigenvalue weighted by Crippen LogP contribution is -2.15. The summed E-state index contributed by atoms with van der Waals surface area (Å²) < 4.78 is 9.54. The lowest BCUT2D eigenvalue weighted by Gasteiger charge is -2.09. The highest BCUT2D eigenvalue weighted by Gasteiger charge is 2.20.